The number of hydrogen-bond donors (Lipinski definition) is 2. The largest absolute Gasteiger partial charge is 0.377 e. The fourth-order valence-corrected chi connectivity index (χ4v) is 1.93. The van der Waals surface area contributed by atoms with E-state index in [1.54, 1.807) is 0 Å². The standard InChI is InChI=1S/C13H18N2O2/c1-2-10-5-3-4-6-11(10)15-12(16)7-13(14)8-17-9-13/h3-6H,2,7-9,14H2,1H3,(H,15,16). The van der Waals surface area contributed by atoms with Crippen LogP contribution < -0.4 is 11.1 Å². The summed E-state index contributed by atoms with van der Waals surface area (Å²) in [5.41, 5.74) is 7.49. The normalized spacial score (nSPS) is 17.3. The molecular weight excluding hydrogens is 216 g/mol. The second kappa shape index (κ2) is 4.85. The number of nitrogens with one attached hydrogen (secondary N) is 1. The Hall–Kier alpha value is -1.39. The lowest BCUT2D eigenvalue weighted by Gasteiger charge is -2.37. The van der Waals surface area contributed by atoms with Crippen LogP contribution in [0.1, 0.15) is 18.9 Å². The minimum Gasteiger partial charge on any atom is -0.377 e. The molecule has 4 heteroatoms. The molecule has 0 spiro atoms. The highest BCUT2D eigenvalue weighted by Gasteiger charge is 2.36. The first-order chi connectivity index (χ1) is 8.13. The van der Waals surface area contributed by atoms with Gasteiger partial charge in [-0.3, -0.25) is 4.79 Å². The molecule has 0 radical (unpaired) electrons. The highest BCUT2D eigenvalue weighted by molar-refractivity contribution is 5.92. The maximum absolute atomic E-state index is 11.8. The Morgan fingerprint density at radius 2 is 2.18 bits per heavy atom. The van der Waals surface area contributed by atoms with Crippen LogP contribution in [0.2, 0.25) is 0 Å². The average molecular weight is 234 g/mol. The van der Waals surface area contributed by atoms with E-state index in [1.807, 2.05) is 24.3 Å². The Labute approximate surface area is 101 Å². The predicted molar refractivity (Wildman–Crippen MR) is 66.8 cm³/mol. The molecule has 1 amide bonds. The van der Waals surface area contributed by atoms with Gasteiger partial charge in [-0.2, -0.15) is 0 Å². The van der Waals surface area contributed by atoms with Gasteiger partial charge in [0.15, 0.2) is 0 Å². The third kappa shape index (κ3) is 2.84. The minimum atomic E-state index is -0.467. The van der Waals surface area contributed by atoms with E-state index >= 15 is 0 Å². The summed E-state index contributed by atoms with van der Waals surface area (Å²) in [4.78, 5) is 11.8. The molecule has 0 aliphatic carbocycles. The third-order valence-corrected chi connectivity index (χ3v) is 2.96. The number of carbonyl (C=O) groups excluding carboxylic acids is 1. The van der Waals surface area contributed by atoms with Gasteiger partial charge in [0.25, 0.3) is 0 Å². The van der Waals surface area contributed by atoms with Crippen LogP contribution in [0.15, 0.2) is 24.3 Å². The summed E-state index contributed by atoms with van der Waals surface area (Å²) in [5.74, 6) is -0.0447. The van der Waals surface area contributed by atoms with E-state index in [0.29, 0.717) is 19.6 Å². The van der Waals surface area contributed by atoms with E-state index in [2.05, 4.69) is 12.2 Å². The number of aryl methyl sites for hydroxylation is 1. The van der Waals surface area contributed by atoms with Crippen LogP contribution in [0.5, 0.6) is 0 Å². The van der Waals surface area contributed by atoms with Crippen molar-refractivity contribution in [2.75, 3.05) is 18.5 Å². The first kappa shape index (κ1) is 12.1. The molecule has 1 aromatic carbocycles. The van der Waals surface area contributed by atoms with Crippen molar-refractivity contribution in [2.24, 2.45) is 5.73 Å². The molecule has 17 heavy (non-hydrogen) atoms. The van der Waals surface area contributed by atoms with Crippen LogP contribution in [0.25, 0.3) is 0 Å². The molecule has 0 aromatic heterocycles. The van der Waals surface area contributed by atoms with Crippen molar-refractivity contribution in [3.63, 3.8) is 0 Å². The van der Waals surface area contributed by atoms with E-state index in [-0.39, 0.29) is 5.91 Å². The zero-order valence-electron chi connectivity index (χ0n) is 10.0. The van der Waals surface area contributed by atoms with Gasteiger partial charge >= 0.3 is 0 Å². The number of rotatable bonds is 4. The molecule has 2 rings (SSSR count). The van der Waals surface area contributed by atoms with Crippen LogP contribution in [0, 0.1) is 0 Å². The number of ether oxygens (including phenoxy) is 1. The lowest BCUT2D eigenvalue weighted by molar-refractivity contribution is -0.123. The van der Waals surface area contributed by atoms with Crippen molar-refractivity contribution >= 4 is 11.6 Å². The Morgan fingerprint density at radius 3 is 2.76 bits per heavy atom. The van der Waals surface area contributed by atoms with E-state index in [1.165, 1.54) is 0 Å². The molecule has 0 bridgehead atoms. The summed E-state index contributed by atoms with van der Waals surface area (Å²) in [6.45, 7) is 3.00. The Kier molecular flexibility index (Phi) is 3.45. The second-order valence-corrected chi connectivity index (χ2v) is 4.59. The molecule has 1 aromatic rings. The van der Waals surface area contributed by atoms with Gasteiger partial charge in [0.1, 0.15) is 0 Å². The number of carbonyl (C=O) groups is 1. The molecule has 1 heterocycles. The molecule has 0 unspecified atom stereocenters. The smallest absolute Gasteiger partial charge is 0.226 e. The van der Waals surface area contributed by atoms with E-state index < -0.39 is 5.54 Å². The fraction of sp³-hybridized carbons (Fsp3) is 0.462. The number of para-hydroxylation sites is 1. The van der Waals surface area contributed by atoms with Gasteiger partial charge in [0.2, 0.25) is 5.91 Å². The van der Waals surface area contributed by atoms with E-state index in [0.717, 1.165) is 17.7 Å². The first-order valence-electron chi connectivity index (χ1n) is 5.87. The Morgan fingerprint density at radius 1 is 1.47 bits per heavy atom. The molecule has 1 aliphatic heterocycles. The van der Waals surface area contributed by atoms with Crippen LogP contribution in [-0.2, 0) is 16.0 Å². The summed E-state index contributed by atoms with van der Waals surface area (Å²) in [6, 6.07) is 7.82. The van der Waals surface area contributed by atoms with Crippen molar-refractivity contribution in [2.45, 2.75) is 25.3 Å². The highest BCUT2D eigenvalue weighted by Crippen LogP contribution is 2.20. The van der Waals surface area contributed by atoms with Gasteiger partial charge in [-0.05, 0) is 18.1 Å². The molecule has 1 aliphatic rings. The maximum Gasteiger partial charge on any atom is 0.226 e. The van der Waals surface area contributed by atoms with Crippen LogP contribution in [-0.4, -0.2) is 24.7 Å². The summed E-state index contributed by atoms with van der Waals surface area (Å²) >= 11 is 0. The van der Waals surface area contributed by atoms with E-state index in [4.69, 9.17) is 10.5 Å². The summed E-state index contributed by atoms with van der Waals surface area (Å²) in [7, 11) is 0. The van der Waals surface area contributed by atoms with Gasteiger partial charge in [-0.15, -0.1) is 0 Å². The number of nitrogens with two attached hydrogens (primary N) is 1. The minimum absolute atomic E-state index is 0.0447. The average Bonchev–Trinajstić information content (AvgIpc) is 2.27. The van der Waals surface area contributed by atoms with Gasteiger partial charge < -0.3 is 15.8 Å². The van der Waals surface area contributed by atoms with Gasteiger partial charge in [0, 0.05) is 12.1 Å². The maximum atomic E-state index is 11.8. The van der Waals surface area contributed by atoms with Gasteiger partial charge in [-0.1, -0.05) is 25.1 Å². The molecule has 92 valence electrons. The molecular formula is C13H18N2O2. The molecule has 4 nitrogen and oxygen atoms in total. The topological polar surface area (TPSA) is 64.4 Å². The zero-order valence-corrected chi connectivity index (χ0v) is 10.0. The van der Waals surface area contributed by atoms with E-state index in [9.17, 15) is 4.79 Å². The summed E-state index contributed by atoms with van der Waals surface area (Å²) in [5, 5.41) is 2.91. The molecule has 1 saturated heterocycles. The number of hydrogen-bond acceptors (Lipinski definition) is 3. The zero-order chi connectivity index (χ0) is 12.3. The lowest BCUT2D eigenvalue weighted by atomic mass is 9.94. The second-order valence-electron chi connectivity index (χ2n) is 4.59. The van der Waals surface area contributed by atoms with Crippen molar-refractivity contribution in [1.82, 2.24) is 0 Å². The van der Waals surface area contributed by atoms with Gasteiger partial charge in [-0.25, -0.2) is 0 Å². The first-order valence-corrected chi connectivity index (χ1v) is 5.87. The predicted octanol–water partition coefficient (Wildman–Crippen LogP) is 1.31. The summed E-state index contributed by atoms with van der Waals surface area (Å²) in [6.07, 6.45) is 1.21. The molecule has 0 atom stereocenters. The van der Waals surface area contributed by atoms with Crippen LogP contribution >= 0.6 is 0 Å². The molecule has 0 saturated carbocycles. The monoisotopic (exact) mass is 234 g/mol. The SMILES string of the molecule is CCc1ccccc1NC(=O)CC1(N)COC1. The van der Waals surface area contributed by atoms with Crippen molar-refractivity contribution in [1.29, 1.82) is 0 Å². The third-order valence-electron chi connectivity index (χ3n) is 2.96. The highest BCUT2D eigenvalue weighted by atomic mass is 16.5. The number of anilines is 1. The van der Waals surface area contributed by atoms with Gasteiger partial charge in [0.05, 0.1) is 18.8 Å². The lowest BCUT2D eigenvalue weighted by Crippen LogP contribution is -2.58. The van der Waals surface area contributed by atoms with Crippen molar-refractivity contribution < 1.29 is 9.53 Å². The van der Waals surface area contributed by atoms with Crippen molar-refractivity contribution in [3.8, 4) is 0 Å². The number of amides is 1. The van der Waals surface area contributed by atoms with Crippen LogP contribution in [0.3, 0.4) is 0 Å². The molecule has 1 fully saturated rings. The van der Waals surface area contributed by atoms with Crippen molar-refractivity contribution in [3.05, 3.63) is 29.8 Å². The molecule has 3 N–H and O–H groups in total. The quantitative estimate of drug-likeness (QED) is 0.825. The Balaban J connectivity index is 1.98. The van der Waals surface area contributed by atoms with Crippen LogP contribution in [0.4, 0.5) is 5.69 Å². The number of benzene rings is 1. The Bertz CT molecular complexity index is 414. The summed E-state index contributed by atoms with van der Waals surface area (Å²) < 4.78 is 5.03. The fourth-order valence-electron chi connectivity index (χ4n) is 1.93.